The topological polar surface area (TPSA) is 204 Å². The summed E-state index contributed by atoms with van der Waals surface area (Å²) in [6, 6.07) is 85.5. The van der Waals surface area contributed by atoms with E-state index < -0.39 is 109 Å². The van der Waals surface area contributed by atoms with Gasteiger partial charge in [-0.25, -0.2) is 18.7 Å². The molecule has 4 heterocycles. The van der Waals surface area contributed by atoms with Crippen LogP contribution in [0.1, 0.15) is 161 Å². The first-order valence-corrected chi connectivity index (χ1v) is 37.6. The third kappa shape index (κ3) is 12.3. The molecule has 0 spiro atoms. The van der Waals surface area contributed by atoms with Crippen LogP contribution in [0.5, 0.6) is 0 Å². The van der Waals surface area contributed by atoms with Crippen molar-refractivity contribution in [1.82, 2.24) is 40.0 Å². The minimum atomic E-state index is -2.35. The summed E-state index contributed by atoms with van der Waals surface area (Å²) in [6.45, 7) is 7.56. The highest BCUT2D eigenvalue weighted by Gasteiger charge is 2.53. The van der Waals surface area contributed by atoms with Crippen molar-refractivity contribution < 1.29 is 19.2 Å². The average Bonchev–Trinajstić information content (AvgIpc) is 1.54. The third-order valence-electron chi connectivity index (χ3n) is 20.0. The van der Waals surface area contributed by atoms with Crippen LogP contribution in [0.4, 0.5) is 0 Å². The maximum atomic E-state index is 16.5. The molecule has 0 radical (unpaired) electrons. The monoisotopic (exact) mass is 1410 g/mol. The normalized spacial score (nSPS) is 16.7. The van der Waals surface area contributed by atoms with Crippen LogP contribution in [0.25, 0.3) is 21.5 Å². The molecule has 13 aromatic rings. The molecule has 18 heteroatoms. The van der Waals surface area contributed by atoms with Crippen molar-refractivity contribution in [3.8, 4) is 0 Å². The second-order valence-electron chi connectivity index (χ2n) is 26.3. The van der Waals surface area contributed by atoms with Crippen molar-refractivity contribution >= 4 is 71.6 Å². The highest BCUT2D eigenvalue weighted by Crippen LogP contribution is 2.70. The predicted octanol–water partition coefficient (Wildman–Crippen LogP) is 14.4. The van der Waals surface area contributed by atoms with Gasteiger partial charge in [-0.2, -0.15) is 0 Å². The van der Waals surface area contributed by atoms with Crippen LogP contribution in [-0.4, -0.2) is 42.4 Å². The number of carbonyl (C=O) groups is 4. The second kappa shape index (κ2) is 28.8. The molecule has 0 bridgehead atoms. The first-order chi connectivity index (χ1) is 50.7. The number of carbonyl (C=O) groups excluding carboxylic acids is 4. The summed E-state index contributed by atoms with van der Waals surface area (Å²) in [5.41, 5.74) is 3.59. The van der Waals surface area contributed by atoms with Crippen LogP contribution in [0.2, 0.25) is 0 Å². The zero-order valence-electron chi connectivity index (χ0n) is 57.3. The van der Waals surface area contributed by atoms with Crippen molar-refractivity contribution in [2.75, 3.05) is 0 Å². The van der Waals surface area contributed by atoms with E-state index in [2.05, 4.69) is 21.3 Å². The summed E-state index contributed by atoms with van der Waals surface area (Å²) in [7, 11) is -4.71. The molecule has 4 N–H and O–H groups in total. The lowest BCUT2D eigenvalue weighted by atomic mass is 10.0. The third-order valence-corrected chi connectivity index (χ3v) is 26.2. The van der Waals surface area contributed by atoms with E-state index >= 15 is 38.4 Å². The van der Waals surface area contributed by atoms with Gasteiger partial charge in [0.05, 0.1) is 45.7 Å². The minimum Gasteiger partial charge on any atom is -0.346 e. The molecule has 8 atom stereocenters. The summed E-state index contributed by atoms with van der Waals surface area (Å²) in [4.78, 5) is 128. The Morgan fingerprint density at radius 2 is 0.442 bits per heavy atom. The molecule has 514 valence electrons. The van der Waals surface area contributed by atoms with E-state index in [0.29, 0.717) is 32.9 Å². The molecule has 0 saturated heterocycles. The first-order valence-electron chi connectivity index (χ1n) is 34.6. The van der Waals surface area contributed by atoms with Gasteiger partial charge in [0, 0.05) is 22.3 Å². The molecule has 2 aliphatic rings. The quantitative estimate of drug-likeness (QED) is 0.0607. The molecule has 0 saturated carbocycles. The molecule has 0 unspecified atom stereocenters. The van der Waals surface area contributed by atoms with E-state index in [0.717, 1.165) is 22.3 Å². The van der Waals surface area contributed by atoms with Crippen molar-refractivity contribution in [2.24, 2.45) is 0 Å². The molecule has 0 aliphatic carbocycles. The Balaban J connectivity index is 1.04. The zero-order chi connectivity index (χ0) is 71.9. The average molecular weight is 1410 g/mol. The van der Waals surface area contributed by atoms with Crippen LogP contribution in [0, 0.1) is 0 Å². The van der Waals surface area contributed by atoms with Gasteiger partial charge in [0.2, 0.25) is 0 Å². The van der Waals surface area contributed by atoms with E-state index in [1.807, 2.05) is 198 Å². The predicted molar refractivity (Wildman–Crippen MR) is 412 cm³/mol. The van der Waals surface area contributed by atoms with E-state index in [4.69, 9.17) is 0 Å². The number of hydrogen-bond donors (Lipinski definition) is 4. The molecule has 2 aliphatic heterocycles. The highest BCUT2D eigenvalue weighted by atomic mass is 31.1. The maximum Gasteiger partial charge on any atom is 0.274 e. The van der Waals surface area contributed by atoms with Gasteiger partial charge in [-0.05, 0) is 147 Å². The molecule has 11 aromatic carbocycles. The number of amides is 4. The van der Waals surface area contributed by atoms with Gasteiger partial charge in [-0.3, -0.25) is 38.4 Å². The largest absolute Gasteiger partial charge is 0.346 e. The van der Waals surface area contributed by atoms with Crippen molar-refractivity contribution in [3.63, 3.8) is 0 Å². The maximum absolute atomic E-state index is 16.5. The molecule has 2 aromatic heterocycles. The standard InChI is InChI=1S/C86H72N8O8P2/c1-53(57-31-9-5-10-32-57)87-75(95)61-39-17-25-47-69(61)83-91-79(99)65-43-21-22-44-66(65)80(100)92(91)84(70-48-26-18-40-62(70)76(96)88-54(2)58-33-11-6-12-34-58)103(83)73-51-29-30-52-74(73)104-85(71-49-27-19-41-63(71)77(97)89-55(3)59-35-13-7-14-36-59)93-81(101)67-45-23-24-46-68(67)82(102)94(93)86(104)72-50-28-20-42-64(72)78(98)90-56(4)60-37-15-8-16-38-60/h5-56,83-86H,1-4H3,(H,87,95)(H,88,96)(H,89,97)(H,90,98)/t53-,54-,55-,56-,83+,84+,85+,86+/m0/s1. The Labute approximate surface area is 601 Å². The Morgan fingerprint density at radius 3 is 0.663 bits per heavy atom. The fourth-order valence-electron chi connectivity index (χ4n) is 14.9. The Hall–Kier alpha value is -12.0. The fourth-order valence-corrected chi connectivity index (χ4v) is 22.3. The lowest BCUT2D eigenvalue weighted by Crippen LogP contribution is -2.38. The molecule has 0 fully saturated rings. The van der Waals surface area contributed by atoms with Crippen molar-refractivity contribution in [1.29, 1.82) is 0 Å². The van der Waals surface area contributed by atoms with Crippen LogP contribution in [0.15, 0.2) is 310 Å². The van der Waals surface area contributed by atoms with Gasteiger partial charge >= 0.3 is 0 Å². The Morgan fingerprint density at radius 1 is 0.260 bits per heavy atom. The van der Waals surface area contributed by atoms with Crippen molar-refractivity contribution in [2.45, 2.75) is 75.0 Å². The molecule has 15 rings (SSSR count). The van der Waals surface area contributed by atoms with Gasteiger partial charge in [-0.15, -0.1) is 0 Å². The summed E-state index contributed by atoms with van der Waals surface area (Å²) in [5, 5.41) is 14.6. The van der Waals surface area contributed by atoms with E-state index in [-0.39, 0.29) is 43.8 Å². The second-order valence-corrected chi connectivity index (χ2v) is 30.8. The first kappa shape index (κ1) is 67.8. The van der Waals surface area contributed by atoms with Crippen LogP contribution in [0.3, 0.4) is 0 Å². The van der Waals surface area contributed by atoms with Crippen LogP contribution >= 0.6 is 15.8 Å². The molecular formula is C86H72N8O8P2. The SMILES string of the molecule is C[C@H](NC(=O)c1ccccc1[C@@H]1n2c(=O)c3ccccc3c(=O)n2[C@@H](c2ccccc2C(=O)N[C@@H](C)c2ccccc2)P1c1ccccc1P1[C@H](c2ccccc2C(=O)N[C@@H](C)c2ccccc2)n2c(=O)c3ccccc3c(=O)n2[C@H]1c1ccccc1C(=O)N[C@@H](C)c1ccccc1)c1ccccc1. The Bertz CT molecular complexity index is 5070. The number of aromatic nitrogens is 4. The minimum absolute atomic E-state index is 0.125. The molecule has 104 heavy (non-hydrogen) atoms. The number of benzene rings is 11. The fraction of sp³-hybridized carbons (Fsp3) is 0.140. The summed E-state index contributed by atoms with van der Waals surface area (Å²) >= 11 is 0. The van der Waals surface area contributed by atoms with E-state index in [9.17, 15) is 0 Å². The highest BCUT2D eigenvalue weighted by molar-refractivity contribution is 7.72. The number of nitrogens with one attached hydrogen (secondary N) is 4. The summed E-state index contributed by atoms with van der Waals surface area (Å²) < 4.78 is 5.95. The molecular weight excluding hydrogens is 1330 g/mol. The summed E-state index contributed by atoms with van der Waals surface area (Å²) in [6.07, 6.45) is 0. The number of nitrogens with zero attached hydrogens (tertiary/aromatic N) is 4. The van der Waals surface area contributed by atoms with Gasteiger partial charge < -0.3 is 21.3 Å². The van der Waals surface area contributed by atoms with E-state index in [1.54, 1.807) is 121 Å². The number of hydrogen-bond acceptors (Lipinski definition) is 8. The smallest absolute Gasteiger partial charge is 0.274 e. The van der Waals surface area contributed by atoms with Gasteiger partial charge in [0.25, 0.3) is 45.9 Å². The number of fused-ring (bicyclic) bond motifs is 4. The van der Waals surface area contributed by atoms with Crippen molar-refractivity contribution in [3.05, 3.63) is 399 Å². The van der Waals surface area contributed by atoms with Gasteiger partial charge in [0.15, 0.2) is 0 Å². The van der Waals surface area contributed by atoms with Crippen LogP contribution in [-0.2, 0) is 0 Å². The zero-order valence-corrected chi connectivity index (χ0v) is 59.1. The van der Waals surface area contributed by atoms with Gasteiger partial charge in [0.1, 0.15) is 23.1 Å². The van der Waals surface area contributed by atoms with E-state index in [1.165, 1.54) is 18.7 Å². The lowest BCUT2D eigenvalue weighted by Gasteiger charge is -2.33. The summed E-state index contributed by atoms with van der Waals surface area (Å²) in [5.74, 6) is -6.70. The van der Waals surface area contributed by atoms with Gasteiger partial charge in [-0.1, -0.05) is 243 Å². The number of rotatable bonds is 18. The molecule has 16 nitrogen and oxygen atoms in total. The lowest BCUT2D eigenvalue weighted by molar-refractivity contribution is 0.0930. The van der Waals surface area contributed by atoms with Crippen LogP contribution < -0.4 is 54.1 Å². The molecule has 4 amide bonds. The Kier molecular flexibility index (Phi) is 18.8.